The van der Waals surface area contributed by atoms with Gasteiger partial charge in [0.1, 0.15) is 17.3 Å². The molecule has 2 aliphatic rings. The van der Waals surface area contributed by atoms with Gasteiger partial charge in [0.2, 0.25) is 0 Å². The van der Waals surface area contributed by atoms with Gasteiger partial charge in [-0.2, -0.15) is 0 Å². The molecule has 1 N–H and O–H groups in total. The van der Waals surface area contributed by atoms with E-state index in [9.17, 15) is 4.39 Å². The van der Waals surface area contributed by atoms with E-state index in [1.807, 2.05) is 12.1 Å². The molecule has 1 saturated heterocycles. The van der Waals surface area contributed by atoms with Crippen LogP contribution in [0.5, 0.6) is 11.5 Å². The van der Waals surface area contributed by atoms with Gasteiger partial charge in [-0.25, -0.2) is 4.39 Å². The molecule has 1 unspecified atom stereocenters. The summed E-state index contributed by atoms with van der Waals surface area (Å²) in [5, 5.41) is 3.46. The zero-order valence-corrected chi connectivity index (χ0v) is 14.6. The van der Waals surface area contributed by atoms with Gasteiger partial charge in [-0.3, -0.25) is 0 Å². The number of ether oxygens (including phenoxy) is 2. The third-order valence-corrected chi connectivity index (χ3v) is 5.24. The molecule has 132 valence electrons. The van der Waals surface area contributed by atoms with Gasteiger partial charge in [0, 0.05) is 42.5 Å². The van der Waals surface area contributed by atoms with Crippen molar-refractivity contribution in [2.24, 2.45) is 0 Å². The van der Waals surface area contributed by atoms with Crippen molar-refractivity contribution >= 4 is 5.69 Å². The maximum absolute atomic E-state index is 15.0. The normalized spacial score (nSPS) is 19.2. The molecule has 2 aromatic carbocycles. The second-order valence-electron chi connectivity index (χ2n) is 6.59. The Morgan fingerprint density at radius 2 is 2.04 bits per heavy atom. The lowest BCUT2D eigenvalue weighted by atomic mass is 9.98. The van der Waals surface area contributed by atoms with E-state index >= 15 is 0 Å². The molecule has 0 spiro atoms. The molecule has 2 aliphatic heterocycles. The Balaban J connectivity index is 1.88. The second-order valence-corrected chi connectivity index (χ2v) is 6.59. The lowest BCUT2D eigenvalue weighted by molar-refractivity contribution is 0.390. The van der Waals surface area contributed by atoms with Crippen molar-refractivity contribution in [3.8, 4) is 22.6 Å². The van der Waals surface area contributed by atoms with E-state index < -0.39 is 0 Å². The number of rotatable bonds is 3. The third-order valence-electron chi connectivity index (χ3n) is 5.24. The number of hydrogen-bond donors (Lipinski definition) is 1. The first-order valence-corrected chi connectivity index (χ1v) is 8.74. The maximum Gasteiger partial charge on any atom is 0.138 e. The minimum atomic E-state index is -0.319. The highest BCUT2D eigenvalue weighted by molar-refractivity contribution is 5.86. The van der Waals surface area contributed by atoms with Crippen molar-refractivity contribution < 1.29 is 13.9 Å². The van der Waals surface area contributed by atoms with E-state index in [0.717, 1.165) is 43.7 Å². The highest BCUT2D eigenvalue weighted by Crippen LogP contribution is 2.46. The van der Waals surface area contributed by atoms with Gasteiger partial charge in [-0.15, -0.1) is 0 Å². The summed E-state index contributed by atoms with van der Waals surface area (Å²) in [7, 11) is 3.10. The van der Waals surface area contributed by atoms with Crippen LogP contribution in [0.25, 0.3) is 11.1 Å². The summed E-state index contributed by atoms with van der Waals surface area (Å²) >= 11 is 0. The molecule has 2 heterocycles. The summed E-state index contributed by atoms with van der Waals surface area (Å²) in [5.41, 5.74) is 3.86. The van der Waals surface area contributed by atoms with Crippen LogP contribution in [0, 0.1) is 5.82 Å². The molecule has 4 rings (SSSR count). The van der Waals surface area contributed by atoms with Gasteiger partial charge < -0.3 is 19.7 Å². The van der Waals surface area contributed by atoms with Crippen molar-refractivity contribution in [2.75, 3.05) is 38.8 Å². The Bertz CT molecular complexity index is 794. The Labute approximate surface area is 147 Å². The second kappa shape index (κ2) is 6.56. The van der Waals surface area contributed by atoms with Crippen LogP contribution in [0.4, 0.5) is 10.1 Å². The van der Waals surface area contributed by atoms with Crippen molar-refractivity contribution in [1.29, 1.82) is 0 Å². The van der Waals surface area contributed by atoms with Gasteiger partial charge in [0.05, 0.1) is 19.8 Å². The van der Waals surface area contributed by atoms with Crippen LogP contribution in [0.1, 0.15) is 12.0 Å². The van der Waals surface area contributed by atoms with E-state index in [0.29, 0.717) is 23.1 Å². The molecular weight excluding hydrogens is 319 g/mol. The van der Waals surface area contributed by atoms with E-state index in [-0.39, 0.29) is 5.82 Å². The monoisotopic (exact) mass is 342 g/mol. The van der Waals surface area contributed by atoms with Gasteiger partial charge in [-0.1, -0.05) is 18.2 Å². The number of benzene rings is 2. The van der Waals surface area contributed by atoms with E-state index in [4.69, 9.17) is 9.47 Å². The quantitative estimate of drug-likeness (QED) is 0.929. The average Bonchev–Trinajstić information content (AvgIpc) is 2.82. The van der Waals surface area contributed by atoms with Crippen LogP contribution in [0.2, 0.25) is 0 Å². The smallest absolute Gasteiger partial charge is 0.138 e. The number of hydrogen-bond acceptors (Lipinski definition) is 4. The Kier molecular flexibility index (Phi) is 4.25. The van der Waals surface area contributed by atoms with Gasteiger partial charge in [0.15, 0.2) is 0 Å². The lowest BCUT2D eigenvalue weighted by Crippen LogP contribution is -2.33. The molecule has 5 heteroatoms. The molecule has 2 aromatic rings. The summed E-state index contributed by atoms with van der Waals surface area (Å²) in [5.74, 6) is 0.644. The first-order valence-electron chi connectivity index (χ1n) is 8.74. The van der Waals surface area contributed by atoms with Crippen LogP contribution >= 0.6 is 0 Å². The standard InChI is InChI=1S/C20H23FN2O2/c1-24-15-11-17(21)19(18(12-15)25-2)16-5-3-4-13-10-14-6-7-22-8-9-23(14)20(13)16/h3-5,11-12,14,22H,6-10H2,1-2H3. The van der Waals surface area contributed by atoms with Crippen LogP contribution in [-0.4, -0.2) is 39.9 Å². The number of anilines is 1. The SMILES string of the molecule is COc1cc(F)c(-c2cccc3c2N2CCNCCC2C3)c(OC)c1. The Hall–Kier alpha value is -2.27. The zero-order valence-electron chi connectivity index (χ0n) is 14.6. The third kappa shape index (κ3) is 2.72. The van der Waals surface area contributed by atoms with Crippen LogP contribution < -0.4 is 19.7 Å². The first kappa shape index (κ1) is 16.2. The molecule has 1 fully saturated rings. The molecule has 1 atom stereocenters. The van der Waals surface area contributed by atoms with Crippen LogP contribution in [-0.2, 0) is 6.42 Å². The van der Waals surface area contributed by atoms with Crippen molar-refractivity contribution in [1.82, 2.24) is 5.32 Å². The van der Waals surface area contributed by atoms with E-state index in [2.05, 4.69) is 16.3 Å². The van der Waals surface area contributed by atoms with Crippen molar-refractivity contribution in [3.05, 3.63) is 41.7 Å². The number of nitrogens with one attached hydrogen (secondary N) is 1. The molecule has 0 aliphatic carbocycles. The average molecular weight is 342 g/mol. The number of halogens is 1. The predicted molar refractivity (Wildman–Crippen MR) is 97.3 cm³/mol. The number of fused-ring (bicyclic) bond motifs is 3. The fourth-order valence-corrected chi connectivity index (χ4v) is 4.09. The molecular formula is C20H23FN2O2. The highest BCUT2D eigenvalue weighted by atomic mass is 19.1. The largest absolute Gasteiger partial charge is 0.497 e. The van der Waals surface area contributed by atoms with Gasteiger partial charge >= 0.3 is 0 Å². The fourth-order valence-electron chi connectivity index (χ4n) is 4.09. The predicted octanol–water partition coefficient (Wildman–Crippen LogP) is 3.23. The zero-order chi connectivity index (χ0) is 17.4. The summed E-state index contributed by atoms with van der Waals surface area (Å²) in [4.78, 5) is 2.44. The first-order chi connectivity index (χ1) is 12.2. The van der Waals surface area contributed by atoms with E-state index in [1.165, 1.54) is 18.7 Å². The lowest BCUT2D eigenvalue weighted by Gasteiger charge is -2.27. The Morgan fingerprint density at radius 1 is 1.16 bits per heavy atom. The molecule has 0 radical (unpaired) electrons. The summed E-state index contributed by atoms with van der Waals surface area (Å²) in [6, 6.07) is 9.82. The van der Waals surface area contributed by atoms with Crippen LogP contribution in [0.15, 0.2) is 30.3 Å². The maximum atomic E-state index is 15.0. The molecule has 4 nitrogen and oxygen atoms in total. The van der Waals surface area contributed by atoms with Crippen molar-refractivity contribution in [2.45, 2.75) is 18.9 Å². The van der Waals surface area contributed by atoms with Crippen LogP contribution in [0.3, 0.4) is 0 Å². The molecule has 0 bridgehead atoms. The highest BCUT2D eigenvalue weighted by Gasteiger charge is 2.33. The Morgan fingerprint density at radius 3 is 2.84 bits per heavy atom. The van der Waals surface area contributed by atoms with E-state index in [1.54, 1.807) is 13.2 Å². The van der Waals surface area contributed by atoms with Crippen molar-refractivity contribution in [3.63, 3.8) is 0 Å². The minimum Gasteiger partial charge on any atom is -0.497 e. The fraction of sp³-hybridized carbons (Fsp3) is 0.400. The van der Waals surface area contributed by atoms with Gasteiger partial charge in [-0.05, 0) is 24.9 Å². The number of para-hydroxylation sites is 1. The molecule has 0 amide bonds. The summed E-state index contributed by atoms with van der Waals surface area (Å²) in [6.07, 6.45) is 2.13. The number of nitrogens with zero attached hydrogens (tertiary/aromatic N) is 1. The molecule has 0 aromatic heterocycles. The minimum absolute atomic E-state index is 0.319. The molecule has 25 heavy (non-hydrogen) atoms. The van der Waals surface area contributed by atoms with Gasteiger partial charge in [0.25, 0.3) is 0 Å². The topological polar surface area (TPSA) is 33.7 Å². The summed E-state index contributed by atoms with van der Waals surface area (Å²) < 4.78 is 25.6. The molecule has 0 saturated carbocycles. The summed E-state index contributed by atoms with van der Waals surface area (Å²) in [6.45, 7) is 2.92. The number of methoxy groups -OCH3 is 2.